The molecule has 3 nitrogen and oxygen atoms in total. The van der Waals surface area contributed by atoms with Crippen LogP contribution in [0.4, 0.5) is 0 Å². The SMILES string of the molecule is Cc1cccc(OC[C@@H]2CCCN(CCN)C2)c1. The molecular formula is C15H24N2O. The van der Waals surface area contributed by atoms with E-state index < -0.39 is 0 Å². The van der Waals surface area contributed by atoms with Crippen LogP contribution in [0.15, 0.2) is 24.3 Å². The molecule has 1 saturated heterocycles. The number of hydrogen-bond donors (Lipinski definition) is 1. The molecule has 18 heavy (non-hydrogen) atoms. The molecule has 0 unspecified atom stereocenters. The van der Waals surface area contributed by atoms with E-state index in [0.717, 1.165) is 32.0 Å². The second-order valence-electron chi connectivity index (χ2n) is 5.23. The van der Waals surface area contributed by atoms with Crippen LogP contribution in [0, 0.1) is 12.8 Å². The van der Waals surface area contributed by atoms with Gasteiger partial charge in [-0.1, -0.05) is 12.1 Å². The molecule has 1 atom stereocenters. The highest BCUT2D eigenvalue weighted by Gasteiger charge is 2.19. The lowest BCUT2D eigenvalue weighted by atomic mass is 9.99. The van der Waals surface area contributed by atoms with Crippen LogP contribution in [0.25, 0.3) is 0 Å². The Bertz CT molecular complexity index is 365. The van der Waals surface area contributed by atoms with Gasteiger partial charge in [0, 0.05) is 25.6 Å². The predicted octanol–water partition coefficient (Wildman–Crippen LogP) is 2.04. The minimum atomic E-state index is 0.644. The molecule has 1 heterocycles. The number of aryl methyl sites for hydroxylation is 1. The van der Waals surface area contributed by atoms with Gasteiger partial charge in [0.05, 0.1) is 6.61 Å². The second-order valence-corrected chi connectivity index (χ2v) is 5.23. The smallest absolute Gasteiger partial charge is 0.119 e. The highest BCUT2D eigenvalue weighted by Crippen LogP contribution is 2.19. The number of nitrogens with zero attached hydrogens (tertiary/aromatic N) is 1. The van der Waals surface area contributed by atoms with Gasteiger partial charge in [-0.05, 0) is 44.0 Å². The first-order valence-corrected chi connectivity index (χ1v) is 6.90. The van der Waals surface area contributed by atoms with E-state index >= 15 is 0 Å². The topological polar surface area (TPSA) is 38.5 Å². The maximum Gasteiger partial charge on any atom is 0.119 e. The zero-order valence-electron chi connectivity index (χ0n) is 11.3. The number of ether oxygens (including phenoxy) is 1. The number of likely N-dealkylation sites (tertiary alicyclic amines) is 1. The first kappa shape index (κ1) is 13.4. The molecule has 2 N–H and O–H groups in total. The Hall–Kier alpha value is -1.06. The minimum Gasteiger partial charge on any atom is -0.493 e. The highest BCUT2D eigenvalue weighted by molar-refractivity contribution is 5.27. The molecule has 1 aromatic carbocycles. The Labute approximate surface area is 110 Å². The maximum atomic E-state index is 5.89. The molecule has 0 aliphatic carbocycles. The Morgan fingerprint density at radius 3 is 3.11 bits per heavy atom. The predicted molar refractivity (Wildman–Crippen MR) is 74.9 cm³/mol. The van der Waals surface area contributed by atoms with Crippen LogP contribution in [0.3, 0.4) is 0 Å². The van der Waals surface area contributed by atoms with Gasteiger partial charge in [0.1, 0.15) is 5.75 Å². The van der Waals surface area contributed by atoms with Crippen molar-refractivity contribution in [2.75, 3.05) is 32.8 Å². The largest absolute Gasteiger partial charge is 0.493 e. The number of hydrogen-bond acceptors (Lipinski definition) is 3. The van der Waals surface area contributed by atoms with E-state index in [1.807, 2.05) is 12.1 Å². The summed E-state index contributed by atoms with van der Waals surface area (Å²) in [5.41, 5.74) is 6.86. The second kappa shape index (κ2) is 6.76. The van der Waals surface area contributed by atoms with Crippen molar-refractivity contribution in [3.8, 4) is 5.75 Å². The minimum absolute atomic E-state index is 0.644. The van der Waals surface area contributed by atoms with E-state index in [1.165, 1.54) is 24.9 Å². The van der Waals surface area contributed by atoms with E-state index in [4.69, 9.17) is 10.5 Å². The van der Waals surface area contributed by atoms with Gasteiger partial charge in [0.2, 0.25) is 0 Å². The molecule has 0 spiro atoms. The molecule has 0 radical (unpaired) electrons. The van der Waals surface area contributed by atoms with E-state index in [1.54, 1.807) is 0 Å². The van der Waals surface area contributed by atoms with Crippen LogP contribution >= 0.6 is 0 Å². The van der Waals surface area contributed by atoms with Gasteiger partial charge in [-0.25, -0.2) is 0 Å². The van der Waals surface area contributed by atoms with E-state index in [-0.39, 0.29) is 0 Å². The molecule has 100 valence electrons. The molecule has 1 fully saturated rings. The third-order valence-electron chi connectivity index (χ3n) is 3.52. The van der Waals surface area contributed by atoms with Crippen LogP contribution in [0.2, 0.25) is 0 Å². The fraction of sp³-hybridized carbons (Fsp3) is 0.600. The molecule has 1 aliphatic rings. The quantitative estimate of drug-likeness (QED) is 0.866. The lowest BCUT2D eigenvalue weighted by molar-refractivity contribution is 0.133. The molecule has 0 saturated carbocycles. The molecule has 1 aliphatic heterocycles. The number of benzene rings is 1. The molecule has 1 aromatic rings. The third-order valence-corrected chi connectivity index (χ3v) is 3.52. The van der Waals surface area contributed by atoms with Crippen molar-refractivity contribution in [2.24, 2.45) is 11.7 Å². The highest BCUT2D eigenvalue weighted by atomic mass is 16.5. The summed E-state index contributed by atoms with van der Waals surface area (Å²) in [5, 5.41) is 0. The van der Waals surface area contributed by atoms with Crippen LogP contribution in [-0.4, -0.2) is 37.7 Å². The van der Waals surface area contributed by atoms with Crippen LogP contribution in [0.1, 0.15) is 18.4 Å². The van der Waals surface area contributed by atoms with E-state index in [0.29, 0.717) is 5.92 Å². The fourth-order valence-corrected chi connectivity index (χ4v) is 2.59. The van der Waals surface area contributed by atoms with Crippen molar-refractivity contribution in [3.63, 3.8) is 0 Å². The Morgan fingerprint density at radius 2 is 2.33 bits per heavy atom. The van der Waals surface area contributed by atoms with Gasteiger partial charge in [0.15, 0.2) is 0 Å². The van der Waals surface area contributed by atoms with Crippen LogP contribution in [0.5, 0.6) is 5.75 Å². The Balaban J connectivity index is 1.79. The normalized spacial score (nSPS) is 20.9. The molecule has 2 rings (SSSR count). The summed E-state index contributed by atoms with van der Waals surface area (Å²) in [4.78, 5) is 2.45. The first-order valence-electron chi connectivity index (χ1n) is 6.90. The summed E-state index contributed by atoms with van der Waals surface area (Å²) in [6.45, 7) is 7.01. The van der Waals surface area contributed by atoms with Gasteiger partial charge in [-0.2, -0.15) is 0 Å². The monoisotopic (exact) mass is 248 g/mol. The van der Waals surface area contributed by atoms with Crippen molar-refractivity contribution < 1.29 is 4.74 Å². The van der Waals surface area contributed by atoms with E-state index in [9.17, 15) is 0 Å². The van der Waals surface area contributed by atoms with Gasteiger partial charge in [-0.3, -0.25) is 0 Å². The fourth-order valence-electron chi connectivity index (χ4n) is 2.59. The van der Waals surface area contributed by atoms with Crippen LogP contribution < -0.4 is 10.5 Å². The lowest BCUT2D eigenvalue weighted by Gasteiger charge is -2.32. The molecular weight excluding hydrogens is 224 g/mol. The Morgan fingerprint density at radius 1 is 1.44 bits per heavy atom. The zero-order valence-corrected chi connectivity index (χ0v) is 11.3. The molecule has 0 bridgehead atoms. The Kier molecular flexibility index (Phi) is 5.02. The summed E-state index contributed by atoms with van der Waals surface area (Å²) in [7, 11) is 0. The number of nitrogens with two attached hydrogens (primary N) is 1. The number of rotatable bonds is 5. The van der Waals surface area contributed by atoms with Gasteiger partial charge < -0.3 is 15.4 Å². The summed E-state index contributed by atoms with van der Waals surface area (Å²) in [5.74, 6) is 1.64. The van der Waals surface area contributed by atoms with Gasteiger partial charge in [-0.15, -0.1) is 0 Å². The van der Waals surface area contributed by atoms with E-state index in [2.05, 4.69) is 24.0 Å². The van der Waals surface area contributed by atoms with Gasteiger partial charge >= 0.3 is 0 Å². The molecule has 3 heteroatoms. The number of piperidine rings is 1. The van der Waals surface area contributed by atoms with Crippen molar-refractivity contribution >= 4 is 0 Å². The maximum absolute atomic E-state index is 5.89. The third kappa shape index (κ3) is 4.00. The summed E-state index contributed by atoms with van der Waals surface area (Å²) in [6, 6.07) is 8.27. The van der Waals surface area contributed by atoms with Crippen molar-refractivity contribution in [1.29, 1.82) is 0 Å². The first-order chi connectivity index (χ1) is 8.78. The summed E-state index contributed by atoms with van der Waals surface area (Å²) >= 11 is 0. The summed E-state index contributed by atoms with van der Waals surface area (Å²) < 4.78 is 5.89. The van der Waals surface area contributed by atoms with Gasteiger partial charge in [0.25, 0.3) is 0 Å². The average Bonchev–Trinajstić information content (AvgIpc) is 2.37. The van der Waals surface area contributed by atoms with Crippen molar-refractivity contribution in [1.82, 2.24) is 4.90 Å². The lowest BCUT2D eigenvalue weighted by Crippen LogP contribution is -2.40. The average molecular weight is 248 g/mol. The standard InChI is InChI=1S/C15H24N2O/c1-13-4-2-6-15(10-13)18-12-14-5-3-8-17(11-14)9-7-16/h2,4,6,10,14H,3,5,7-9,11-12,16H2,1H3/t14-/m1/s1. The van der Waals surface area contributed by atoms with Crippen LogP contribution in [-0.2, 0) is 0 Å². The van der Waals surface area contributed by atoms with Crippen molar-refractivity contribution in [3.05, 3.63) is 29.8 Å². The summed E-state index contributed by atoms with van der Waals surface area (Å²) in [6.07, 6.45) is 2.54. The zero-order chi connectivity index (χ0) is 12.8. The molecule has 0 amide bonds. The van der Waals surface area contributed by atoms with Crippen molar-refractivity contribution in [2.45, 2.75) is 19.8 Å². The molecule has 0 aromatic heterocycles.